The van der Waals surface area contributed by atoms with Gasteiger partial charge in [-0.3, -0.25) is 0 Å². The summed E-state index contributed by atoms with van der Waals surface area (Å²) in [6.07, 6.45) is 6.50. The van der Waals surface area contributed by atoms with Gasteiger partial charge in [0.15, 0.2) is 10.6 Å². The molecule has 182 valence electrons. The predicted molar refractivity (Wildman–Crippen MR) is 134 cm³/mol. The average Bonchev–Trinajstić information content (AvgIpc) is 3.22. The zero-order valence-electron chi connectivity index (χ0n) is 21.1. The highest BCUT2D eigenvalue weighted by Gasteiger charge is 2.49. The number of carbonyl (C=O) groups excluding carboxylic acids is 2. The zero-order valence-corrected chi connectivity index (χ0v) is 21.9. The number of carbonyl (C=O) groups is 2. The lowest BCUT2D eigenvalue weighted by atomic mass is 9.80. The molecule has 1 N–H and O–H groups in total. The summed E-state index contributed by atoms with van der Waals surface area (Å²) in [6, 6.07) is 1.98. The van der Waals surface area contributed by atoms with E-state index in [0.29, 0.717) is 23.6 Å². The second kappa shape index (κ2) is 10.3. The van der Waals surface area contributed by atoms with Crippen LogP contribution in [0.1, 0.15) is 93.6 Å². The van der Waals surface area contributed by atoms with Crippen molar-refractivity contribution in [3.63, 3.8) is 0 Å². The smallest absolute Gasteiger partial charge is 0.354 e. The van der Waals surface area contributed by atoms with Crippen LogP contribution >= 0.6 is 11.3 Å². The summed E-state index contributed by atoms with van der Waals surface area (Å²) in [6.45, 7) is 8.41. The quantitative estimate of drug-likeness (QED) is 0.354. The third-order valence-corrected chi connectivity index (χ3v) is 8.38. The lowest BCUT2D eigenvalue weighted by molar-refractivity contribution is -0.137. The molecule has 1 atom stereocenters. The van der Waals surface area contributed by atoms with Crippen LogP contribution < -0.4 is 4.48 Å². The Morgan fingerprint density at radius 3 is 2.24 bits per heavy atom. The number of hydrogen-bond acceptors (Lipinski definition) is 5. The molecule has 33 heavy (non-hydrogen) atoms. The summed E-state index contributed by atoms with van der Waals surface area (Å²) in [5.41, 5.74) is 0.553. The van der Waals surface area contributed by atoms with Crippen molar-refractivity contribution >= 4 is 28.9 Å². The Morgan fingerprint density at radius 1 is 1.09 bits per heavy atom. The molecule has 0 bridgehead atoms. The summed E-state index contributed by atoms with van der Waals surface area (Å²) < 4.78 is 5.24. The van der Waals surface area contributed by atoms with E-state index in [1.807, 2.05) is 13.1 Å². The molecule has 0 radical (unpaired) electrons. The van der Waals surface area contributed by atoms with Gasteiger partial charge in [0.05, 0.1) is 31.1 Å². The van der Waals surface area contributed by atoms with Crippen molar-refractivity contribution in [2.24, 2.45) is 17.3 Å². The summed E-state index contributed by atoms with van der Waals surface area (Å²) in [5.74, 6) is 6.92. The van der Waals surface area contributed by atoms with E-state index < -0.39 is 5.97 Å². The first-order valence-electron chi connectivity index (χ1n) is 12.3. The molecule has 5 nitrogen and oxygen atoms in total. The third kappa shape index (κ3) is 5.88. The number of aliphatic hydroxyl groups excluding tert-OH is 1. The second-order valence-corrected chi connectivity index (χ2v) is 12.2. The molecular formula is C27H40NO4S+. The molecule has 2 aliphatic carbocycles. The van der Waals surface area contributed by atoms with Gasteiger partial charge in [0.2, 0.25) is 0 Å². The topological polar surface area (TPSA) is 63.6 Å². The first kappa shape index (κ1) is 25.9. The van der Waals surface area contributed by atoms with Gasteiger partial charge in [-0.2, -0.15) is 0 Å². The van der Waals surface area contributed by atoms with E-state index in [9.17, 15) is 14.7 Å². The maximum Gasteiger partial charge on any atom is 0.354 e. The van der Waals surface area contributed by atoms with Gasteiger partial charge in [-0.1, -0.05) is 18.8 Å². The fourth-order valence-corrected chi connectivity index (χ4v) is 6.24. The number of aliphatic hydroxyl groups is 1. The van der Waals surface area contributed by atoms with E-state index in [1.54, 1.807) is 0 Å². The van der Waals surface area contributed by atoms with E-state index in [0.717, 1.165) is 49.1 Å². The highest BCUT2D eigenvalue weighted by Crippen LogP contribution is 2.43. The van der Waals surface area contributed by atoms with Crippen LogP contribution in [0.3, 0.4) is 0 Å². The minimum absolute atomic E-state index is 0.00689. The summed E-state index contributed by atoms with van der Waals surface area (Å²) in [7, 11) is 3.37. The van der Waals surface area contributed by atoms with E-state index in [1.165, 1.54) is 18.4 Å². The summed E-state index contributed by atoms with van der Waals surface area (Å²) in [4.78, 5) is 28.3. The number of methoxy groups -OCH3 is 1. The molecule has 1 amide bonds. The van der Waals surface area contributed by atoms with Crippen LogP contribution in [0.25, 0.3) is 0 Å². The number of amides is 1. The van der Waals surface area contributed by atoms with Crippen molar-refractivity contribution in [3.8, 4) is 11.8 Å². The third-order valence-electron chi connectivity index (χ3n) is 7.36. The fraction of sp³-hybridized carbons (Fsp3) is 0.704. The molecule has 0 saturated heterocycles. The van der Waals surface area contributed by atoms with E-state index in [4.69, 9.17) is 4.74 Å². The van der Waals surface area contributed by atoms with Crippen LogP contribution in [-0.2, 0) is 9.53 Å². The van der Waals surface area contributed by atoms with E-state index in [-0.39, 0.29) is 33.9 Å². The van der Waals surface area contributed by atoms with Gasteiger partial charge in [-0.15, -0.1) is 11.3 Å². The van der Waals surface area contributed by atoms with Gasteiger partial charge in [-0.25, -0.2) is 14.1 Å². The zero-order chi connectivity index (χ0) is 24.4. The monoisotopic (exact) mass is 474 g/mol. The molecule has 1 aromatic rings. The van der Waals surface area contributed by atoms with Gasteiger partial charge in [-0.05, 0) is 65.2 Å². The molecule has 1 aromatic heterocycles. The highest BCUT2D eigenvalue weighted by atomic mass is 32.1. The predicted octanol–water partition coefficient (Wildman–Crippen LogP) is 5.53. The molecule has 0 aliphatic heterocycles. The van der Waals surface area contributed by atoms with Crippen LogP contribution in [0.15, 0.2) is 6.07 Å². The molecule has 1 heterocycles. The second-order valence-electron chi connectivity index (χ2n) is 11.1. The number of ether oxygens (including phenoxy) is 1. The van der Waals surface area contributed by atoms with Crippen molar-refractivity contribution in [3.05, 3.63) is 15.8 Å². The molecule has 2 aliphatic rings. The van der Waals surface area contributed by atoms with Crippen LogP contribution in [0.4, 0.5) is 5.69 Å². The Balaban J connectivity index is 2.10. The van der Waals surface area contributed by atoms with Crippen LogP contribution in [0, 0.1) is 29.1 Å². The Hall–Kier alpha value is -1.68. The Bertz CT molecular complexity index is 918. The van der Waals surface area contributed by atoms with Crippen LogP contribution in [-0.4, -0.2) is 43.3 Å². The van der Waals surface area contributed by atoms with Crippen molar-refractivity contribution in [1.29, 1.82) is 0 Å². The van der Waals surface area contributed by atoms with E-state index in [2.05, 4.69) is 39.5 Å². The minimum atomic E-state index is -0.413. The van der Waals surface area contributed by atoms with Crippen molar-refractivity contribution < 1.29 is 19.4 Å². The Kier molecular flexibility index (Phi) is 8.09. The Labute approximate surface area is 203 Å². The number of esters is 1. The first-order chi connectivity index (χ1) is 15.5. The standard InChI is InChI=1S/C27H40NO4S/c1-18-7-9-19(10-8-18)25(30)28(5,20-11-13-21(29)14-12-20)23-17-22(15-16-27(2,3)4)33-24(23)26(31)32-6/h17-21,29H,7-14H2,1-6H3/q+1. The average molecular weight is 475 g/mol. The van der Waals surface area contributed by atoms with Crippen molar-refractivity contribution in [2.75, 3.05) is 14.2 Å². The highest BCUT2D eigenvalue weighted by molar-refractivity contribution is 7.15. The van der Waals surface area contributed by atoms with Gasteiger partial charge < -0.3 is 9.84 Å². The van der Waals surface area contributed by atoms with Gasteiger partial charge in [0.1, 0.15) is 6.04 Å². The summed E-state index contributed by atoms with van der Waals surface area (Å²) >= 11 is 1.32. The molecular weight excluding hydrogens is 434 g/mol. The molecule has 0 spiro atoms. The molecule has 1 unspecified atom stereocenters. The van der Waals surface area contributed by atoms with Gasteiger partial charge in [0, 0.05) is 24.3 Å². The number of hydrogen-bond donors (Lipinski definition) is 1. The Morgan fingerprint density at radius 2 is 1.70 bits per heavy atom. The maximum absolute atomic E-state index is 14.2. The van der Waals surface area contributed by atoms with Crippen LogP contribution in [0.5, 0.6) is 0 Å². The number of rotatable bonds is 4. The minimum Gasteiger partial charge on any atom is -0.465 e. The number of nitrogens with zero attached hydrogens (tertiary/aromatic N) is 1. The number of quaternary nitrogens is 1. The van der Waals surface area contributed by atoms with Crippen LogP contribution in [0.2, 0.25) is 0 Å². The molecule has 0 aromatic carbocycles. The SMILES string of the molecule is COC(=O)c1sc(C#CC(C)(C)C)cc1[N+](C)(C(=O)C1CCC(C)CC1)C1CCC(O)CC1. The lowest BCUT2D eigenvalue weighted by Gasteiger charge is -2.43. The molecule has 2 fully saturated rings. The molecule has 2 saturated carbocycles. The maximum atomic E-state index is 14.2. The number of thiophene rings is 1. The molecule has 6 heteroatoms. The lowest BCUT2D eigenvalue weighted by Crippen LogP contribution is -2.61. The fourth-order valence-electron chi connectivity index (χ4n) is 5.23. The van der Waals surface area contributed by atoms with E-state index >= 15 is 0 Å². The first-order valence-corrected chi connectivity index (χ1v) is 13.1. The van der Waals surface area contributed by atoms with Crippen molar-refractivity contribution in [1.82, 2.24) is 4.48 Å². The van der Waals surface area contributed by atoms with Gasteiger partial charge in [0.25, 0.3) is 0 Å². The molecule has 3 rings (SSSR count). The van der Waals surface area contributed by atoms with Gasteiger partial charge >= 0.3 is 11.9 Å². The summed E-state index contributed by atoms with van der Waals surface area (Å²) in [5, 5.41) is 10.1. The normalized spacial score (nSPS) is 27.7. The largest absolute Gasteiger partial charge is 0.465 e. The van der Waals surface area contributed by atoms with Crippen molar-refractivity contribution in [2.45, 2.75) is 91.2 Å².